The Morgan fingerprint density at radius 1 is 1.31 bits per heavy atom. The Balaban J connectivity index is 2.57. The predicted octanol–water partition coefficient (Wildman–Crippen LogP) is 1.43. The van der Waals surface area contributed by atoms with E-state index in [1.807, 2.05) is 0 Å². The van der Waals surface area contributed by atoms with Crippen LogP contribution in [0.4, 0.5) is 0 Å². The number of hydrogen-bond donors (Lipinski definition) is 1. The zero-order valence-electron chi connectivity index (χ0n) is 8.81. The number of amides is 1. The molecule has 1 amide bonds. The Morgan fingerprint density at radius 3 is 2.38 bits per heavy atom. The highest BCUT2D eigenvalue weighted by Crippen LogP contribution is 2.10. The van der Waals surface area contributed by atoms with Gasteiger partial charge in [0, 0.05) is 12.1 Å². The summed E-state index contributed by atoms with van der Waals surface area (Å²) in [4.78, 5) is 23.1. The number of benzene rings is 1. The SMILES string of the molecule is CN(CC(=O)O)C(=O)Cc1ccc(Cl)cc1. The molecule has 16 heavy (non-hydrogen) atoms. The van der Waals surface area contributed by atoms with Crippen LogP contribution >= 0.6 is 11.6 Å². The van der Waals surface area contributed by atoms with Crippen molar-refractivity contribution in [1.82, 2.24) is 4.90 Å². The number of rotatable bonds is 4. The van der Waals surface area contributed by atoms with Crippen LogP contribution in [0.5, 0.6) is 0 Å². The van der Waals surface area contributed by atoms with E-state index >= 15 is 0 Å². The fourth-order valence-electron chi connectivity index (χ4n) is 1.20. The number of nitrogens with zero attached hydrogens (tertiary/aromatic N) is 1. The molecule has 0 fully saturated rings. The molecule has 1 rings (SSSR count). The van der Waals surface area contributed by atoms with E-state index in [-0.39, 0.29) is 18.9 Å². The summed E-state index contributed by atoms with van der Waals surface area (Å²) in [6.07, 6.45) is 0.181. The van der Waals surface area contributed by atoms with Crippen LogP contribution in [0.3, 0.4) is 0 Å². The lowest BCUT2D eigenvalue weighted by Crippen LogP contribution is -2.33. The summed E-state index contributed by atoms with van der Waals surface area (Å²) in [5.41, 5.74) is 0.812. The molecule has 5 heteroatoms. The predicted molar refractivity (Wildman–Crippen MR) is 60.4 cm³/mol. The molecule has 1 N–H and O–H groups in total. The van der Waals surface area contributed by atoms with Crippen LogP contribution in [-0.4, -0.2) is 35.5 Å². The summed E-state index contributed by atoms with van der Waals surface area (Å²) in [6, 6.07) is 6.88. The van der Waals surface area contributed by atoms with Gasteiger partial charge in [0.25, 0.3) is 0 Å². The van der Waals surface area contributed by atoms with Crippen molar-refractivity contribution in [3.8, 4) is 0 Å². The van der Waals surface area contributed by atoms with Gasteiger partial charge in [0.15, 0.2) is 0 Å². The maximum atomic E-state index is 11.6. The Morgan fingerprint density at radius 2 is 1.88 bits per heavy atom. The van der Waals surface area contributed by atoms with Crippen LogP contribution in [-0.2, 0) is 16.0 Å². The molecule has 0 bridgehead atoms. The van der Waals surface area contributed by atoms with Gasteiger partial charge in [0.1, 0.15) is 6.54 Å². The van der Waals surface area contributed by atoms with Crippen LogP contribution in [0.1, 0.15) is 5.56 Å². The number of hydrogen-bond acceptors (Lipinski definition) is 2. The van der Waals surface area contributed by atoms with E-state index in [2.05, 4.69) is 0 Å². The normalized spacial score (nSPS) is 9.88. The molecule has 0 saturated carbocycles. The van der Waals surface area contributed by atoms with Gasteiger partial charge in [-0.05, 0) is 17.7 Å². The van der Waals surface area contributed by atoms with Crippen LogP contribution in [0.25, 0.3) is 0 Å². The summed E-state index contributed by atoms with van der Waals surface area (Å²) >= 11 is 5.71. The van der Waals surface area contributed by atoms with Gasteiger partial charge in [-0.1, -0.05) is 23.7 Å². The largest absolute Gasteiger partial charge is 0.480 e. The van der Waals surface area contributed by atoms with Crippen LogP contribution < -0.4 is 0 Å². The van der Waals surface area contributed by atoms with Crippen LogP contribution in [0.15, 0.2) is 24.3 Å². The van der Waals surface area contributed by atoms with Crippen molar-refractivity contribution in [2.24, 2.45) is 0 Å². The van der Waals surface area contributed by atoms with Crippen LogP contribution in [0, 0.1) is 0 Å². The van der Waals surface area contributed by atoms with Gasteiger partial charge < -0.3 is 10.0 Å². The molecule has 0 saturated heterocycles. The van der Waals surface area contributed by atoms with Gasteiger partial charge in [-0.15, -0.1) is 0 Å². The number of aliphatic carboxylic acids is 1. The number of carbonyl (C=O) groups excluding carboxylic acids is 1. The molecule has 0 heterocycles. The number of halogens is 1. The number of carboxylic acids is 1. The van der Waals surface area contributed by atoms with E-state index in [0.717, 1.165) is 5.56 Å². The third-order valence-corrected chi connectivity index (χ3v) is 2.32. The smallest absolute Gasteiger partial charge is 0.323 e. The second-order valence-corrected chi connectivity index (χ2v) is 3.88. The Kier molecular flexibility index (Phi) is 4.31. The number of likely N-dealkylation sites (N-methyl/N-ethyl adjacent to an activating group) is 1. The van der Waals surface area contributed by atoms with Crippen LogP contribution in [0.2, 0.25) is 5.02 Å². The zero-order valence-corrected chi connectivity index (χ0v) is 9.57. The fraction of sp³-hybridized carbons (Fsp3) is 0.273. The van der Waals surface area contributed by atoms with Crippen molar-refractivity contribution in [1.29, 1.82) is 0 Å². The standard InChI is InChI=1S/C11H12ClNO3/c1-13(7-11(15)16)10(14)6-8-2-4-9(12)5-3-8/h2-5H,6-7H2,1H3,(H,15,16). The van der Waals surface area contributed by atoms with Gasteiger partial charge in [0.2, 0.25) is 5.91 Å². The van der Waals surface area contributed by atoms with Crippen molar-refractivity contribution < 1.29 is 14.7 Å². The summed E-state index contributed by atoms with van der Waals surface area (Å²) in [5.74, 6) is -1.25. The molecule has 0 aromatic heterocycles. The molecule has 1 aromatic carbocycles. The van der Waals surface area contributed by atoms with E-state index in [1.54, 1.807) is 24.3 Å². The van der Waals surface area contributed by atoms with Crippen molar-refractivity contribution >= 4 is 23.5 Å². The maximum absolute atomic E-state index is 11.6. The minimum Gasteiger partial charge on any atom is -0.480 e. The molecule has 86 valence electrons. The lowest BCUT2D eigenvalue weighted by atomic mass is 10.1. The van der Waals surface area contributed by atoms with Crippen molar-refractivity contribution in [2.75, 3.05) is 13.6 Å². The molecule has 0 radical (unpaired) electrons. The molecule has 0 unspecified atom stereocenters. The summed E-state index contributed by atoms with van der Waals surface area (Å²) in [6.45, 7) is -0.285. The molecular formula is C11H12ClNO3. The minimum atomic E-state index is -1.02. The van der Waals surface area contributed by atoms with Gasteiger partial charge in [-0.2, -0.15) is 0 Å². The highest BCUT2D eigenvalue weighted by atomic mass is 35.5. The summed E-state index contributed by atoms with van der Waals surface area (Å²) < 4.78 is 0. The lowest BCUT2D eigenvalue weighted by Gasteiger charge is -2.14. The first-order valence-corrected chi connectivity index (χ1v) is 5.07. The lowest BCUT2D eigenvalue weighted by molar-refractivity contribution is -0.143. The van der Waals surface area contributed by atoms with E-state index in [1.165, 1.54) is 11.9 Å². The summed E-state index contributed by atoms with van der Waals surface area (Å²) in [5, 5.41) is 9.13. The van der Waals surface area contributed by atoms with E-state index < -0.39 is 5.97 Å². The molecule has 0 atom stereocenters. The molecule has 1 aromatic rings. The second kappa shape index (κ2) is 5.51. The van der Waals surface area contributed by atoms with Gasteiger partial charge in [-0.25, -0.2) is 0 Å². The highest BCUT2D eigenvalue weighted by molar-refractivity contribution is 6.30. The minimum absolute atomic E-state index is 0.181. The first-order valence-electron chi connectivity index (χ1n) is 4.69. The van der Waals surface area contributed by atoms with Gasteiger partial charge >= 0.3 is 5.97 Å². The Hall–Kier alpha value is -1.55. The molecule has 0 spiro atoms. The number of carbonyl (C=O) groups is 2. The third kappa shape index (κ3) is 3.90. The fourth-order valence-corrected chi connectivity index (χ4v) is 1.33. The highest BCUT2D eigenvalue weighted by Gasteiger charge is 2.12. The van der Waals surface area contributed by atoms with E-state index in [4.69, 9.17) is 16.7 Å². The molecule has 0 aliphatic heterocycles. The first-order chi connectivity index (χ1) is 7.49. The average molecular weight is 242 g/mol. The first kappa shape index (κ1) is 12.5. The molecule has 0 aliphatic carbocycles. The molecule has 0 aliphatic rings. The average Bonchev–Trinajstić information content (AvgIpc) is 2.20. The van der Waals surface area contributed by atoms with Crippen molar-refractivity contribution in [3.63, 3.8) is 0 Å². The molecular weight excluding hydrogens is 230 g/mol. The topological polar surface area (TPSA) is 57.6 Å². The Labute approximate surface area is 98.4 Å². The Bertz CT molecular complexity index is 389. The quantitative estimate of drug-likeness (QED) is 0.868. The molecule has 4 nitrogen and oxygen atoms in total. The van der Waals surface area contributed by atoms with Gasteiger partial charge in [0.05, 0.1) is 6.42 Å². The maximum Gasteiger partial charge on any atom is 0.323 e. The van der Waals surface area contributed by atoms with Gasteiger partial charge in [-0.3, -0.25) is 9.59 Å². The number of carboxylic acid groups (broad SMARTS) is 1. The zero-order chi connectivity index (χ0) is 12.1. The van der Waals surface area contributed by atoms with Crippen molar-refractivity contribution in [3.05, 3.63) is 34.9 Å². The monoisotopic (exact) mass is 241 g/mol. The second-order valence-electron chi connectivity index (χ2n) is 3.45. The van der Waals surface area contributed by atoms with E-state index in [0.29, 0.717) is 5.02 Å². The van der Waals surface area contributed by atoms with Crippen molar-refractivity contribution in [2.45, 2.75) is 6.42 Å². The van der Waals surface area contributed by atoms with E-state index in [9.17, 15) is 9.59 Å². The summed E-state index contributed by atoms with van der Waals surface area (Å²) in [7, 11) is 1.46. The third-order valence-electron chi connectivity index (χ3n) is 2.07.